The number of anilines is 3. The zero-order valence-corrected chi connectivity index (χ0v) is 22.7. The summed E-state index contributed by atoms with van der Waals surface area (Å²) in [7, 11) is 1.65. The van der Waals surface area contributed by atoms with Gasteiger partial charge in [-0.25, -0.2) is 0 Å². The smallest absolute Gasteiger partial charge is 0.163 e. The molecule has 198 valence electrons. The lowest BCUT2D eigenvalue weighted by Gasteiger charge is -2.30. The number of carbonyl (C=O) groups excluding carboxylic acids is 1. The van der Waals surface area contributed by atoms with Gasteiger partial charge in [-0.15, -0.1) is 0 Å². The van der Waals surface area contributed by atoms with Crippen LogP contribution >= 0.6 is 0 Å². The summed E-state index contributed by atoms with van der Waals surface area (Å²) < 4.78 is 11.3. The van der Waals surface area contributed by atoms with E-state index in [2.05, 4.69) is 71.8 Å². The topological polar surface area (TPSA) is 62.8 Å². The number of Topliss-reactive ketones (excluding diaryl/α,β-unsaturated/α-hetero) is 1. The molecule has 6 heteroatoms. The van der Waals surface area contributed by atoms with Crippen LogP contribution in [0.4, 0.5) is 17.1 Å². The minimum atomic E-state index is -0.227. The Balaban J connectivity index is 1.53. The first-order chi connectivity index (χ1) is 18.6. The number of nitrogens with one attached hydrogen (secondary N) is 2. The molecule has 5 rings (SSSR count). The fraction of sp³-hybridized carbons (Fsp3) is 0.344. The fourth-order valence-corrected chi connectivity index (χ4v) is 5.66. The minimum absolute atomic E-state index is 0.0503. The van der Waals surface area contributed by atoms with Gasteiger partial charge in [-0.1, -0.05) is 30.3 Å². The fourth-order valence-electron chi connectivity index (χ4n) is 5.66. The molecule has 0 amide bonds. The second-order valence-electron chi connectivity index (χ2n) is 9.78. The average Bonchev–Trinajstić information content (AvgIpc) is 3.11. The van der Waals surface area contributed by atoms with Crippen molar-refractivity contribution < 1.29 is 14.3 Å². The predicted molar refractivity (Wildman–Crippen MR) is 155 cm³/mol. The highest BCUT2D eigenvalue weighted by Gasteiger charge is 2.36. The van der Waals surface area contributed by atoms with Gasteiger partial charge in [0, 0.05) is 36.5 Å². The predicted octanol–water partition coefficient (Wildman–Crippen LogP) is 6.92. The van der Waals surface area contributed by atoms with Crippen LogP contribution < -0.4 is 25.0 Å². The van der Waals surface area contributed by atoms with Crippen molar-refractivity contribution in [3.63, 3.8) is 0 Å². The largest absolute Gasteiger partial charge is 0.493 e. The molecule has 0 aromatic heterocycles. The molecule has 3 aromatic carbocycles. The Morgan fingerprint density at radius 2 is 1.58 bits per heavy atom. The lowest BCUT2D eigenvalue weighted by Crippen LogP contribution is -2.27. The van der Waals surface area contributed by atoms with Gasteiger partial charge in [0.05, 0.1) is 31.1 Å². The van der Waals surface area contributed by atoms with Gasteiger partial charge in [0.2, 0.25) is 0 Å². The van der Waals surface area contributed by atoms with Crippen LogP contribution in [0.15, 0.2) is 78.0 Å². The zero-order valence-electron chi connectivity index (χ0n) is 22.7. The molecular weight excluding hydrogens is 474 g/mol. The monoisotopic (exact) mass is 511 g/mol. The molecule has 0 radical (unpaired) electrons. The molecule has 0 saturated heterocycles. The Hall–Kier alpha value is -3.93. The number of carbonyl (C=O) groups is 1. The number of nitrogens with zero attached hydrogens (tertiary/aromatic N) is 1. The molecule has 38 heavy (non-hydrogen) atoms. The Morgan fingerprint density at radius 3 is 2.26 bits per heavy atom. The highest BCUT2D eigenvalue weighted by molar-refractivity contribution is 6.01. The van der Waals surface area contributed by atoms with Gasteiger partial charge in [0.15, 0.2) is 17.3 Å². The second-order valence-corrected chi connectivity index (χ2v) is 9.78. The molecule has 2 aliphatic rings. The highest BCUT2D eigenvalue weighted by Crippen LogP contribution is 2.45. The molecule has 2 atom stereocenters. The first kappa shape index (κ1) is 25.7. The van der Waals surface area contributed by atoms with E-state index in [9.17, 15) is 4.79 Å². The van der Waals surface area contributed by atoms with Gasteiger partial charge in [0.1, 0.15) is 0 Å². The van der Waals surface area contributed by atoms with Crippen molar-refractivity contribution in [3.8, 4) is 11.5 Å². The van der Waals surface area contributed by atoms with Gasteiger partial charge in [-0.05, 0) is 80.6 Å². The number of methoxy groups -OCH3 is 1. The molecule has 1 heterocycles. The number of para-hydroxylation sites is 2. The van der Waals surface area contributed by atoms with Gasteiger partial charge in [-0.3, -0.25) is 4.79 Å². The van der Waals surface area contributed by atoms with E-state index in [-0.39, 0.29) is 17.7 Å². The van der Waals surface area contributed by atoms with Crippen LogP contribution in [0.25, 0.3) is 0 Å². The van der Waals surface area contributed by atoms with Crippen LogP contribution in [-0.2, 0) is 4.79 Å². The van der Waals surface area contributed by atoms with Crippen LogP contribution in [0, 0.1) is 0 Å². The number of hydrogen-bond acceptors (Lipinski definition) is 6. The SMILES string of the molecule is CCOc1ccc(C2CC(=O)C3=C(C2)Nc2ccccc2NC3c2ccc(N(CC)CC)cc2)cc1OC. The number of fused-ring (bicyclic) bond motifs is 1. The molecule has 0 bridgehead atoms. The van der Waals surface area contributed by atoms with Crippen molar-refractivity contribution in [2.24, 2.45) is 0 Å². The van der Waals surface area contributed by atoms with Crippen LogP contribution in [0.2, 0.25) is 0 Å². The van der Waals surface area contributed by atoms with Crippen LogP contribution in [0.5, 0.6) is 11.5 Å². The van der Waals surface area contributed by atoms with E-state index >= 15 is 0 Å². The van der Waals surface area contributed by atoms with Crippen molar-refractivity contribution in [2.45, 2.75) is 45.6 Å². The highest BCUT2D eigenvalue weighted by atomic mass is 16.5. The average molecular weight is 512 g/mol. The maximum atomic E-state index is 13.9. The summed E-state index contributed by atoms with van der Waals surface area (Å²) in [5, 5.41) is 7.32. The summed E-state index contributed by atoms with van der Waals surface area (Å²) in [4.78, 5) is 16.2. The molecule has 6 nitrogen and oxygen atoms in total. The molecule has 0 saturated carbocycles. The number of ether oxygens (including phenoxy) is 2. The van der Waals surface area contributed by atoms with Crippen molar-refractivity contribution in [3.05, 3.63) is 89.1 Å². The van der Waals surface area contributed by atoms with Crippen molar-refractivity contribution >= 4 is 22.8 Å². The first-order valence-electron chi connectivity index (χ1n) is 13.6. The lowest BCUT2D eigenvalue weighted by molar-refractivity contribution is -0.116. The molecular formula is C32H37N3O3. The first-order valence-corrected chi connectivity index (χ1v) is 13.6. The number of rotatable bonds is 8. The third-order valence-corrected chi connectivity index (χ3v) is 7.62. The molecule has 2 unspecified atom stereocenters. The molecule has 1 aliphatic heterocycles. The number of hydrogen-bond donors (Lipinski definition) is 2. The minimum Gasteiger partial charge on any atom is -0.493 e. The number of ketones is 1. The zero-order chi connectivity index (χ0) is 26.6. The van der Waals surface area contributed by atoms with Gasteiger partial charge in [0.25, 0.3) is 0 Å². The number of allylic oxidation sites excluding steroid dienone is 1. The third kappa shape index (κ3) is 4.95. The van der Waals surface area contributed by atoms with Crippen molar-refractivity contribution in [2.75, 3.05) is 42.3 Å². The molecule has 3 aromatic rings. The molecule has 0 spiro atoms. The standard InChI is InChI=1S/C32H37N3O3/c1-5-35(6-2)24-15-12-21(13-16-24)32-31-27(33-25-10-8-9-11-26(25)34-32)18-23(19-28(31)36)22-14-17-29(38-7-3)30(20-22)37-4/h8-17,20,23,32-34H,5-7,18-19H2,1-4H3. The maximum Gasteiger partial charge on any atom is 0.163 e. The summed E-state index contributed by atoms with van der Waals surface area (Å²) in [6, 6.07) is 22.6. The number of benzene rings is 3. The van der Waals surface area contributed by atoms with Crippen LogP contribution in [0.1, 0.15) is 56.7 Å². The summed E-state index contributed by atoms with van der Waals surface area (Å²) in [6.07, 6.45) is 1.19. The summed E-state index contributed by atoms with van der Waals surface area (Å²) in [5.41, 5.74) is 7.14. The van der Waals surface area contributed by atoms with Crippen molar-refractivity contribution in [1.82, 2.24) is 0 Å². The van der Waals surface area contributed by atoms with E-state index in [1.54, 1.807) is 7.11 Å². The van der Waals surface area contributed by atoms with Gasteiger partial charge in [-0.2, -0.15) is 0 Å². The van der Waals surface area contributed by atoms with Gasteiger partial charge < -0.3 is 25.0 Å². The Labute approximate surface area is 225 Å². The van der Waals surface area contributed by atoms with E-state index in [1.807, 2.05) is 31.2 Å². The normalized spacial score (nSPS) is 18.5. The van der Waals surface area contributed by atoms with E-state index in [1.165, 1.54) is 5.69 Å². The summed E-state index contributed by atoms with van der Waals surface area (Å²) in [5.74, 6) is 1.63. The van der Waals surface area contributed by atoms with Gasteiger partial charge >= 0.3 is 0 Å². The van der Waals surface area contributed by atoms with Crippen LogP contribution in [0.3, 0.4) is 0 Å². The Kier molecular flexibility index (Phi) is 7.59. The summed E-state index contributed by atoms with van der Waals surface area (Å²) >= 11 is 0. The van der Waals surface area contributed by atoms with E-state index in [0.717, 1.165) is 59.0 Å². The second kappa shape index (κ2) is 11.2. The molecule has 0 fully saturated rings. The third-order valence-electron chi connectivity index (χ3n) is 7.62. The molecule has 1 aliphatic carbocycles. The maximum absolute atomic E-state index is 13.9. The Bertz CT molecular complexity index is 1330. The van der Waals surface area contributed by atoms with Crippen LogP contribution in [-0.4, -0.2) is 32.6 Å². The lowest BCUT2D eigenvalue weighted by atomic mass is 9.78. The Morgan fingerprint density at radius 1 is 0.868 bits per heavy atom. The van der Waals surface area contributed by atoms with E-state index in [4.69, 9.17) is 9.47 Å². The molecule has 2 N–H and O–H groups in total. The van der Waals surface area contributed by atoms with Crippen molar-refractivity contribution in [1.29, 1.82) is 0 Å². The van der Waals surface area contributed by atoms with E-state index in [0.29, 0.717) is 18.8 Å². The quantitative estimate of drug-likeness (QED) is 0.342. The van der Waals surface area contributed by atoms with E-state index < -0.39 is 0 Å². The summed E-state index contributed by atoms with van der Waals surface area (Å²) in [6.45, 7) is 8.78.